The second-order valence-corrected chi connectivity index (χ2v) is 7.41. The van der Waals surface area contributed by atoms with Crippen LogP contribution in [0.5, 0.6) is 5.88 Å². The Morgan fingerprint density at radius 2 is 2.00 bits per heavy atom. The lowest BCUT2D eigenvalue weighted by Gasteiger charge is -2.29. The lowest BCUT2D eigenvalue weighted by Crippen LogP contribution is -2.44. The van der Waals surface area contributed by atoms with E-state index in [1.54, 1.807) is 12.1 Å². The summed E-state index contributed by atoms with van der Waals surface area (Å²) in [5, 5.41) is 8.72. The second kappa shape index (κ2) is 7.05. The Bertz CT molecular complexity index is 629. The molecule has 0 atom stereocenters. The second-order valence-electron chi connectivity index (χ2n) is 5.49. The molecule has 1 aromatic rings. The van der Waals surface area contributed by atoms with Crippen molar-refractivity contribution in [1.82, 2.24) is 14.0 Å². The van der Waals surface area contributed by atoms with Crippen molar-refractivity contribution in [1.29, 1.82) is 5.26 Å². The lowest BCUT2D eigenvalue weighted by molar-refractivity contribution is 0.138. The zero-order chi connectivity index (χ0) is 16.2. The molecule has 2 rings (SSSR count). The Kier molecular flexibility index (Phi) is 5.34. The van der Waals surface area contributed by atoms with Gasteiger partial charge in [0.15, 0.2) is 0 Å². The SMILES string of the molecule is CN(C)S(=O)(=O)NC1CCC(Oc2ccc(C#N)cn2)CC1. The summed E-state index contributed by atoms with van der Waals surface area (Å²) in [6, 6.07) is 5.30. The van der Waals surface area contributed by atoms with Gasteiger partial charge in [0, 0.05) is 32.4 Å². The number of nitriles is 1. The number of nitrogens with zero attached hydrogens (tertiary/aromatic N) is 3. The zero-order valence-electron chi connectivity index (χ0n) is 12.7. The minimum atomic E-state index is -3.38. The standard InChI is InChI=1S/C14H20N4O3S/c1-18(2)22(19,20)17-12-4-6-13(7-5-12)21-14-8-3-11(9-15)10-16-14/h3,8,10,12-13,17H,4-7H2,1-2H3. The summed E-state index contributed by atoms with van der Waals surface area (Å²) in [5.41, 5.74) is 0.495. The number of pyridine rings is 1. The molecule has 0 spiro atoms. The molecule has 1 aromatic heterocycles. The van der Waals surface area contributed by atoms with Crippen molar-refractivity contribution < 1.29 is 13.2 Å². The first-order valence-electron chi connectivity index (χ1n) is 7.13. The molecule has 0 aromatic carbocycles. The average Bonchev–Trinajstić information content (AvgIpc) is 2.49. The van der Waals surface area contributed by atoms with Gasteiger partial charge in [-0.25, -0.2) is 4.98 Å². The van der Waals surface area contributed by atoms with Gasteiger partial charge >= 0.3 is 0 Å². The van der Waals surface area contributed by atoms with E-state index in [9.17, 15) is 8.42 Å². The highest BCUT2D eigenvalue weighted by Gasteiger charge is 2.26. The van der Waals surface area contributed by atoms with Crippen LogP contribution >= 0.6 is 0 Å². The molecule has 1 heterocycles. The molecule has 1 fully saturated rings. The first-order valence-corrected chi connectivity index (χ1v) is 8.57. The molecule has 0 bridgehead atoms. The van der Waals surface area contributed by atoms with Crippen LogP contribution in [0.15, 0.2) is 18.3 Å². The summed E-state index contributed by atoms with van der Waals surface area (Å²) in [6.07, 6.45) is 4.50. The van der Waals surface area contributed by atoms with Gasteiger partial charge in [0.2, 0.25) is 5.88 Å². The fourth-order valence-electron chi connectivity index (χ4n) is 2.30. The molecule has 1 saturated carbocycles. The van der Waals surface area contributed by atoms with Gasteiger partial charge in [-0.05, 0) is 31.7 Å². The molecule has 0 amide bonds. The van der Waals surface area contributed by atoms with Crippen LogP contribution in [0.3, 0.4) is 0 Å². The van der Waals surface area contributed by atoms with Crippen molar-refractivity contribution in [3.05, 3.63) is 23.9 Å². The third-order valence-electron chi connectivity index (χ3n) is 3.62. The zero-order valence-corrected chi connectivity index (χ0v) is 13.5. The van der Waals surface area contributed by atoms with Gasteiger partial charge in [0.25, 0.3) is 10.2 Å². The molecule has 0 aliphatic heterocycles. The van der Waals surface area contributed by atoms with Gasteiger partial charge in [-0.3, -0.25) is 0 Å². The summed E-state index contributed by atoms with van der Waals surface area (Å²) in [4.78, 5) is 4.08. The molecule has 0 saturated heterocycles. The lowest BCUT2D eigenvalue weighted by atomic mass is 9.94. The van der Waals surface area contributed by atoms with Crippen LogP contribution in [0.2, 0.25) is 0 Å². The third kappa shape index (κ3) is 4.40. The summed E-state index contributed by atoms with van der Waals surface area (Å²) in [6.45, 7) is 0. The number of ether oxygens (including phenoxy) is 1. The smallest absolute Gasteiger partial charge is 0.279 e. The first kappa shape index (κ1) is 16.7. The minimum absolute atomic E-state index is 0.0283. The van der Waals surface area contributed by atoms with Crippen LogP contribution in [0, 0.1) is 11.3 Å². The van der Waals surface area contributed by atoms with Crippen molar-refractivity contribution in [2.75, 3.05) is 14.1 Å². The van der Waals surface area contributed by atoms with Crippen molar-refractivity contribution >= 4 is 10.2 Å². The van der Waals surface area contributed by atoms with Gasteiger partial charge < -0.3 is 4.74 Å². The van der Waals surface area contributed by atoms with Gasteiger partial charge in [-0.1, -0.05) is 0 Å². The van der Waals surface area contributed by atoms with Gasteiger partial charge in [0.05, 0.1) is 5.56 Å². The molecule has 7 nitrogen and oxygen atoms in total. The van der Waals surface area contributed by atoms with E-state index in [0.717, 1.165) is 25.7 Å². The van der Waals surface area contributed by atoms with E-state index in [1.807, 2.05) is 6.07 Å². The quantitative estimate of drug-likeness (QED) is 0.873. The molecule has 1 aliphatic carbocycles. The van der Waals surface area contributed by atoms with E-state index in [0.29, 0.717) is 11.4 Å². The number of hydrogen-bond donors (Lipinski definition) is 1. The normalized spacial score (nSPS) is 22.3. The highest BCUT2D eigenvalue weighted by molar-refractivity contribution is 7.87. The highest BCUT2D eigenvalue weighted by Crippen LogP contribution is 2.23. The third-order valence-corrected chi connectivity index (χ3v) is 5.22. The van der Waals surface area contributed by atoms with Crippen LogP contribution in [0.4, 0.5) is 0 Å². The van der Waals surface area contributed by atoms with Crippen LogP contribution in [-0.2, 0) is 10.2 Å². The van der Waals surface area contributed by atoms with Gasteiger partial charge in [-0.15, -0.1) is 0 Å². The Balaban J connectivity index is 1.83. The van der Waals surface area contributed by atoms with E-state index in [-0.39, 0.29) is 12.1 Å². The van der Waals surface area contributed by atoms with E-state index in [2.05, 4.69) is 9.71 Å². The van der Waals surface area contributed by atoms with E-state index in [4.69, 9.17) is 10.00 Å². The predicted molar refractivity (Wildman–Crippen MR) is 81.4 cm³/mol. The maximum Gasteiger partial charge on any atom is 0.279 e. The molecule has 120 valence electrons. The van der Waals surface area contributed by atoms with Gasteiger partial charge in [0.1, 0.15) is 12.2 Å². The Labute approximate surface area is 131 Å². The molecule has 1 aliphatic rings. The van der Waals surface area contributed by atoms with Crippen LogP contribution < -0.4 is 9.46 Å². The van der Waals surface area contributed by atoms with Crippen LogP contribution in [-0.4, -0.2) is 43.9 Å². The number of aromatic nitrogens is 1. The predicted octanol–water partition coefficient (Wildman–Crippen LogP) is 1.04. The molecule has 8 heteroatoms. The molecule has 0 radical (unpaired) electrons. The summed E-state index contributed by atoms with van der Waals surface area (Å²) < 4.78 is 33.2. The Morgan fingerprint density at radius 1 is 1.32 bits per heavy atom. The number of rotatable bonds is 5. The van der Waals surface area contributed by atoms with E-state index >= 15 is 0 Å². The van der Waals surface area contributed by atoms with Crippen molar-refractivity contribution in [2.45, 2.75) is 37.8 Å². The summed E-state index contributed by atoms with van der Waals surface area (Å²) in [5.74, 6) is 0.497. The van der Waals surface area contributed by atoms with Crippen molar-refractivity contribution in [2.24, 2.45) is 0 Å². The van der Waals surface area contributed by atoms with Crippen LogP contribution in [0.1, 0.15) is 31.2 Å². The Morgan fingerprint density at radius 3 is 2.50 bits per heavy atom. The topological polar surface area (TPSA) is 95.3 Å². The number of hydrogen-bond acceptors (Lipinski definition) is 5. The van der Waals surface area contributed by atoms with E-state index in [1.165, 1.54) is 24.6 Å². The summed E-state index contributed by atoms with van der Waals surface area (Å²) >= 11 is 0. The number of nitrogens with one attached hydrogen (secondary N) is 1. The van der Waals surface area contributed by atoms with E-state index < -0.39 is 10.2 Å². The molecular weight excluding hydrogens is 304 g/mol. The largest absolute Gasteiger partial charge is 0.474 e. The average molecular weight is 324 g/mol. The van der Waals surface area contributed by atoms with Crippen molar-refractivity contribution in [3.63, 3.8) is 0 Å². The maximum absolute atomic E-state index is 11.8. The fourth-order valence-corrected chi connectivity index (χ4v) is 3.17. The maximum atomic E-state index is 11.8. The first-order chi connectivity index (χ1) is 10.4. The van der Waals surface area contributed by atoms with Crippen molar-refractivity contribution in [3.8, 4) is 11.9 Å². The molecule has 0 unspecified atom stereocenters. The monoisotopic (exact) mass is 324 g/mol. The molecule has 1 N–H and O–H groups in total. The fraction of sp³-hybridized carbons (Fsp3) is 0.571. The van der Waals surface area contributed by atoms with Gasteiger partial charge in [-0.2, -0.15) is 22.7 Å². The minimum Gasteiger partial charge on any atom is -0.474 e. The molecule has 22 heavy (non-hydrogen) atoms. The molecular formula is C14H20N4O3S. The summed E-state index contributed by atoms with van der Waals surface area (Å²) in [7, 11) is -0.367. The van der Waals surface area contributed by atoms with Crippen LogP contribution in [0.25, 0.3) is 0 Å². The highest BCUT2D eigenvalue weighted by atomic mass is 32.2. The Hall–Kier alpha value is -1.69.